The highest BCUT2D eigenvalue weighted by molar-refractivity contribution is 5.70. The third kappa shape index (κ3) is 46.3. The second-order valence-corrected chi connectivity index (χ2v) is 16.5. The zero-order valence-corrected chi connectivity index (χ0v) is 38.3. The second-order valence-electron chi connectivity index (χ2n) is 16.5. The third-order valence-electron chi connectivity index (χ3n) is 10.8. The van der Waals surface area contributed by atoms with Crippen molar-refractivity contribution >= 4 is 11.9 Å². The molecule has 0 saturated carbocycles. The molecule has 0 spiro atoms. The van der Waals surface area contributed by atoms with Crippen molar-refractivity contribution < 1.29 is 24.2 Å². The van der Waals surface area contributed by atoms with Crippen LogP contribution < -0.4 is 0 Å². The Bertz CT molecular complexity index is 1010. The number of carbonyl (C=O) groups is 2. The Hall–Kier alpha value is -2.40. The molecule has 0 radical (unpaired) electrons. The topological polar surface area (TPSA) is 72.8 Å². The number of esters is 2. The van der Waals surface area contributed by atoms with E-state index >= 15 is 0 Å². The van der Waals surface area contributed by atoms with Crippen molar-refractivity contribution in [3.05, 3.63) is 60.8 Å². The Morgan fingerprint density at radius 1 is 0.414 bits per heavy atom. The molecule has 0 aliphatic heterocycles. The van der Waals surface area contributed by atoms with Gasteiger partial charge in [0.2, 0.25) is 0 Å². The molecule has 1 unspecified atom stereocenters. The maximum atomic E-state index is 12.2. The first-order chi connectivity index (χ1) is 28.6. The molecule has 0 amide bonds. The summed E-state index contributed by atoms with van der Waals surface area (Å²) in [6.45, 7) is 4.02. The first kappa shape index (κ1) is 55.6. The predicted molar refractivity (Wildman–Crippen MR) is 251 cm³/mol. The van der Waals surface area contributed by atoms with Crippen LogP contribution in [0.4, 0.5) is 0 Å². The summed E-state index contributed by atoms with van der Waals surface area (Å²) >= 11 is 0. The lowest BCUT2D eigenvalue weighted by atomic mass is 10.0. The van der Waals surface area contributed by atoms with Gasteiger partial charge in [-0.05, 0) is 77.0 Å². The molecule has 0 rings (SSSR count). The third-order valence-corrected chi connectivity index (χ3v) is 10.8. The van der Waals surface area contributed by atoms with Gasteiger partial charge in [-0.25, -0.2) is 0 Å². The minimum absolute atomic E-state index is 0.0728. The number of aliphatic hydroxyl groups is 1. The van der Waals surface area contributed by atoms with Crippen LogP contribution in [0.25, 0.3) is 0 Å². The van der Waals surface area contributed by atoms with E-state index in [0.717, 1.165) is 77.0 Å². The molecule has 0 aromatic carbocycles. The van der Waals surface area contributed by atoms with Gasteiger partial charge in [0.05, 0.1) is 6.61 Å². The minimum atomic E-state index is -0.781. The van der Waals surface area contributed by atoms with E-state index in [4.69, 9.17) is 9.47 Å². The quantitative estimate of drug-likeness (QED) is 0.0377. The molecule has 0 heterocycles. The van der Waals surface area contributed by atoms with Gasteiger partial charge >= 0.3 is 11.9 Å². The number of hydrogen-bond donors (Lipinski definition) is 1. The fourth-order valence-corrected chi connectivity index (χ4v) is 7.07. The number of unbranched alkanes of at least 4 members (excludes halogenated alkanes) is 27. The van der Waals surface area contributed by atoms with Crippen LogP contribution in [0.1, 0.15) is 245 Å². The monoisotopic (exact) mass is 811 g/mol. The van der Waals surface area contributed by atoms with Crippen molar-refractivity contribution in [1.82, 2.24) is 0 Å². The molecule has 58 heavy (non-hydrogen) atoms. The van der Waals surface area contributed by atoms with Gasteiger partial charge in [0, 0.05) is 12.8 Å². The van der Waals surface area contributed by atoms with E-state index in [1.807, 2.05) is 0 Å². The largest absolute Gasteiger partial charge is 0.462 e. The second kappa shape index (κ2) is 49.0. The molecule has 0 aliphatic rings. The van der Waals surface area contributed by atoms with Crippen LogP contribution in [0.3, 0.4) is 0 Å². The maximum absolute atomic E-state index is 12.2. The molecule has 0 bridgehead atoms. The highest BCUT2D eigenvalue weighted by Crippen LogP contribution is 2.16. The highest BCUT2D eigenvalue weighted by atomic mass is 16.6. The highest BCUT2D eigenvalue weighted by Gasteiger charge is 2.16. The summed E-state index contributed by atoms with van der Waals surface area (Å²) in [6, 6.07) is 0. The average molecular weight is 811 g/mol. The lowest BCUT2D eigenvalue weighted by molar-refractivity contribution is -0.161. The van der Waals surface area contributed by atoms with Crippen LogP contribution >= 0.6 is 0 Å². The van der Waals surface area contributed by atoms with Gasteiger partial charge in [0.15, 0.2) is 6.10 Å². The average Bonchev–Trinajstić information content (AvgIpc) is 3.23. The Balaban J connectivity index is 3.47. The Kier molecular flexibility index (Phi) is 46.9. The van der Waals surface area contributed by atoms with E-state index < -0.39 is 6.10 Å². The summed E-state index contributed by atoms with van der Waals surface area (Å²) in [6.07, 6.45) is 64.6. The molecule has 0 fully saturated rings. The van der Waals surface area contributed by atoms with Crippen LogP contribution in [0.5, 0.6) is 0 Å². The molecular formula is C53H94O5. The number of rotatable bonds is 45. The summed E-state index contributed by atoms with van der Waals surface area (Å²) in [7, 11) is 0. The van der Waals surface area contributed by atoms with Gasteiger partial charge < -0.3 is 14.6 Å². The van der Waals surface area contributed by atoms with Gasteiger partial charge in [-0.3, -0.25) is 9.59 Å². The minimum Gasteiger partial charge on any atom is -0.462 e. The van der Waals surface area contributed by atoms with Gasteiger partial charge in [-0.1, -0.05) is 216 Å². The number of allylic oxidation sites excluding steroid dienone is 10. The van der Waals surface area contributed by atoms with E-state index in [9.17, 15) is 14.7 Å². The molecule has 0 aliphatic carbocycles. The van der Waals surface area contributed by atoms with Crippen molar-refractivity contribution in [1.29, 1.82) is 0 Å². The summed E-state index contributed by atoms with van der Waals surface area (Å²) in [4.78, 5) is 24.4. The number of hydrogen-bond acceptors (Lipinski definition) is 5. The van der Waals surface area contributed by atoms with E-state index in [2.05, 4.69) is 74.6 Å². The van der Waals surface area contributed by atoms with Gasteiger partial charge in [0.1, 0.15) is 6.61 Å². The molecule has 1 N–H and O–H groups in total. The van der Waals surface area contributed by atoms with Crippen LogP contribution in [0, 0.1) is 0 Å². The van der Waals surface area contributed by atoms with Crippen LogP contribution in [0.15, 0.2) is 60.8 Å². The van der Waals surface area contributed by atoms with Crippen molar-refractivity contribution in [2.75, 3.05) is 13.2 Å². The molecule has 5 heteroatoms. The summed E-state index contributed by atoms with van der Waals surface area (Å²) in [5.41, 5.74) is 0. The van der Waals surface area contributed by atoms with Gasteiger partial charge in [-0.15, -0.1) is 0 Å². The fraction of sp³-hybridized carbons (Fsp3) is 0.774. The first-order valence-electron chi connectivity index (χ1n) is 24.8. The number of ether oxygens (including phenoxy) is 2. The molecular weight excluding hydrogens is 717 g/mol. The fourth-order valence-electron chi connectivity index (χ4n) is 7.07. The van der Waals surface area contributed by atoms with Crippen LogP contribution in [0.2, 0.25) is 0 Å². The normalized spacial score (nSPS) is 12.7. The van der Waals surface area contributed by atoms with Crippen molar-refractivity contribution in [2.24, 2.45) is 0 Å². The lowest BCUT2D eigenvalue weighted by Gasteiger charge is -2.15. The van der Waals surface area contributed by atoms with Crippen molar-refractivity contribution in [2.45, 2.75) is 251 Å². The molecule has 5 nitrogen and oxygen atoms in total. The van der Waals surface area contributed by atoms with Gasteiger partial charge in [0.25, 0.3) is 0 Å². The molecule has 1 atom stereocenters. The number of aliphatic hydroxyl groups excluding tert-OH is 1. The first-order valence-corrected chi connectivity index (χ1v) is 24.8. The van der Waals surface area contributed by atoms with Crippen LogP contribution in [-0.2, 0) is 19.1 Å². The molecule has 0 aromatic heterocycles. The molecule has 0 saturated heterocycles. The van der Waals surface area contributed by atoms with E-state index in [-0.39, 0.29) is 25.2 Å². The van der Waals surface area contributed by atoms with Crippen molar-refractivity contribution in [3.8, 4) is 0 Å². The number of carbonyl (C=O) groups excluding carboxylic acids is 2. The molecule has 0 aromatic rings. The zero-order chi connectivity index (χ0) is 42.1. The summed E-state index contributed by atoms with van der Waals surface area (Å²) in [5.74, 6) is -0.606. The van der Waals surface area contributed by atoms with E-state index in [1.54, 1.807) is 0 Å². The van der Waals surface area contributed by atoms with Gasteiger partial charge in [-0.2, -0.15) is 0 Å². The Morgan fingerprint density at radius 2 is 0.741 bits per heavy atom. The Labute approximate surface area is 360 Å². The maximum Gasteiger partial charge on any atom is 0.306 e. The van der Waals surface area contributed by atoms with E-state index in [0.29, 0.717) is 12.8 Å². The predicted octanol–water partition coefficient (Wildman–Crippen LogP) is 16.3. The van der Waals surface area contributed by atoms with Crippen molar-refractivity contribution in [3.63, 3.8) is 0 Å². The lowest BCUT2D eigenvalue weighted by Crippen LogP contribution is -2.28. The summed E-state index contributed by atoms with van der Waals surface area (Å²) < 4.78 is 10.6. The molecule has 336 valence electrons. The smallest absolute Gasteiger partial charge is 0.306 e. The standard InChI is InChI=1S/C53H94O5/c1-3-5-7-9-11-13-15-17-19-20-21-22-23-24-25-26-27-28-29-30-31-32-34-35-37-39-41-43-45-47-52(55)57-50-51(49-54)58-53(56)48-46-44-42-40-38-36-33-18-16-14-12-10-8-6-4-2/h6,8,12,14-15,17-18,20-21,33,51,54H,3-5,7,9-11,13,16,19,22-32,34-50H2,1-2H3/b8-6-,14-12-,17-15-,21-20-,33-18-. The summed E-state index contributed by atoms with van der Waals surface area (Å²) in [5, 5.41) is 9.60. The zero-order valence-electron chi connectivity index (χ0n) is 38.3. The Morgan fingerprint density at radius 3 is 1.12 bits per heavy atom. The van der Waals surface area contributed by atoms with E-state index in [1.165, 1.54) is 141 Å². The van der Waals surface area contributed by atoms with Crippen LogP contribution in [-0.4, -0.2) is 36.4 Å². The SMILES string of the molecule is CC/C=C\C/C=C\C/C=C\CCCCCCCC(=O)OC(CO)COC(=O)CCCCCCCCCCCCCCCCCCC/C=C\C/C=C\CCCCCCC.